The van der Waals surface area contributed by atoms with Gasteiger partial charge in [0.05, 0.1) is 23.0 Å². The summed E-state index contributed by atoms with van der Waals surface area (Å²) >= 11 is 1.46. The highest BCUT2D eigenvalue weighted by atomic mass is 32.1. The van der Waals surface area contributed by atoms with Crippen LogP contribution in [0.2, 0.25) is 0 Å². The zero-order valence-electron chi connectivity index (χ0n) is 14.3. The number of rotatable bonds is 5. The lowest BCUT2D eigenvalue weighted by molar-refractivity contribution is -0.116. The van der Waals surface area contributed by atoms with Crippen LogP contribution in [0.4, 0.5) is 16.5 Å². The molecule has 0 aliphatic carbocycles. The highest BCUT2D eigenvalue weighted by Gasteiger charge is 2.08. The van der Waals surface area contributed by atoms with Gasteiger partial charge in [0.2, 0.25) is 11.0 Å². The fraction of sp³-hybridized carbons (Fsp3) is 0.222. The van der Waals surface area contributed by atoms with Gasteiger partial charge in [0.15, 0.2) is 0 Å². The van der Waals surface area contributed by atoms with Gasteiger partial charge in [0.1, 0.15) is 5.75 Å². The lowest BCUT2D eigenvalue weighted by atomic mass is 10.2. The van der Waals surface area contributed by atoms with E-state index < -0.39 is 0 Å². The normalized spacial score (nSPS) is 11.2. The standard InChI is InChI=1S/C18H18N4O2S/c1-4-22(12(2)23)14-7-5-13(6-8-14)20-21-18-19-16-10-9-15(24-3)11-17(16)25-18/h5-11H,4H2,1-3H3/b21-20+. The molecule has 6 nitrogen and oxygen atoms in total. The minimum absolute atomic E-state index is 0.0155. The van der Waals surface area contributed by atoms with E-state index >= 15 is 0 Å². The molecular formula is C18H18N4O2S. The second kappa shape index (κ2) is 7.40. The molecule has 0 N–H and O–H groups in total. The molecule has 2 aromatic carbocycles. The average Bonchev–Trinajstić information content (AvgIpc) is 3.03. The molecule has 0 unspecified atom stereocenters. The maximum Gasteiger partial charge on any atom is 0.231 e. The van der Waals surface area contributed by atoms with E-state index in [1.807, 2.05) is 49.4 Å². The summed E-state index contributed by atoms with van der Waals surface area (Å²) in [6.45, 7) is 4.13. The molecule has 0 aliphatic heterocycles. The fourth-order valence-corrected chi connectivity index (χ4v) is 3.26. The number of amides is 1. The highest BCUT2D eigenvalue weighted by molar-refractivity contribution is 7.21. The predicted octanol–water partition coefficient (Wildman–Crippen LogP) is 5.09. The van der Waals surface area contributed by atoms with Crippen LogP contribution in [0, 0.1) is 0 Å². The van der Waals surface area contributed by atoms with Crippen molar-refractivity contribution in [1.82, 2.24) is 4.98 Å². The van der Waals surface area contributed by atoms with Gasteiger partial charge in [-0.05, 0) is 49.4 Å². The Morgan fingerprint density at radius 3 is 2.60 bits per heavy atom. The van der Waals surface area contributed by atoms with Gasteiger partial charge in [-0.15, -0.1) is 10.2 Å². The average molecular weight is 354 g/mol. The van der Waals surface area contributed by atoms with Gasteiger partial charge in [-0.25, -0.2) is 4.98 Å². The van der Waals surface area contributed by atoms with Crippen LogP contribution in [0.15, 0.2) is 52.7 Å². The molecule has 0 spiro atoms. The van der Waals surface area contributed by atoms with Crippen molar-refractivity contribution in [3.05, 3.63) is 42.5 Å². The summed E-state index contributed by atoms with van der Waals surface area (Å²) in [5.74, 6) is 0.808. The van der Waals surface area contributed by atoms with Crippen molar-refractivity contribution in [2.75, 3.05) is 18.6 Å². The van der Waals surface area contributed by atoms with Gasteiger partial charge >= 0.3 is 0 Å². The van der Waals surface area contributed by atoms with E-state index in [0.29, 0.717) is 17.4 Å². The maximum absolute atomic E-state index is 11.6. The van der Waals surface area contributed by atoms with E-state index in [-0.39, 0.29) is 5.91 Å². The molecule has 25 heavy (non-hydrogen) atoms. The number of hydrogen-bond donors (Lipinski definition) is 0. The maximum atomic E-state index is 11.6. The van der Waals surface area contributed by atoms with E-state index in [9.17, 15) is 4.79 Å². The van der Waals surface area contributed by atoms with Crippen molar-refractivity contribution >= 4 is 44.0 Å². The van der Waals surface area contributed by atoms with Gasteiger partial charge in [-0.3, -0.25) is 4.79 Å². The van der Waals surface area contributed by atoms with Gasteiger partial charge in [-0.2, -0.15) is 0 Å². The van der Waals surface area contributed by atoms with Crippen molar-refractivity contribution in [1.29, 1.82) is 0 Å². The third kappa shape index (κ3) is 3.83. The Morgan fingerprint density at radius 1 is 1.20 bits per heavy atom. The molecule has 0 saturated carbocycles. The Kier molecular flexibility index (Phi) is 5.04. The first-order valence-corrected chi connectivity index (χ1v) is 8.67. The molecule has 128 valence electrons. The lowest BCUT2D eigenvalue weighted by Crippen LogP contribution is -2.27. The molecule has 7 heteroatoms. The number of nitrogens with zero attached hydrogens (tertiary/aromatic N) is 4. The monoisotopic (exact) mass is 354 g/mol. The van der Waals surface area contributed by atoms with Crippen molar-refractivity contribution in [2.45, 2.75) is 13.8 Å². The molecule has 0 saturated heterocycles. The summed E-state index contributed by atoms with van der Waals surface area (Å²) in [7, 11) is 1.64. The fourth-order valence-electron chi connectivity index (χ4n) is 2.45. The molecule has 0 radical (unpaired) electrons. The summed E-state index contributed by atoms with van der Waals surface area (Å²) in [4.78, 5) is 17.7. The van der Waals surface area contributed by atoms with Crippen LogP contribution >= 0.6 is 11.3 Å². The predicted molar refractivity (Wildman–Crippen MR) is 100 cm³/mol. The largest absolute Gasteiger partial charge is 0.497 e. The Balaban J connectivity index is 1.78. The number of hydrogen-bond acceptors (Lipinski definition) is 6. The zero-order valence-corrected chi connectivity index (χ0v) is 15.1. The summed E-state index contributed by atoms with van der Waals surface area (Å²) in [6, 6.07) is 13.1. The third-order valence-corrected chi connectivity index (χ3v) is 4.60. The van der Waals surface area contributed by atoms with Crippen LogP contribution in [-0.4, -0.2) is 24.5 Å². The number of thiazole rings is 1. The second-order valence-corrected chi connectivity index (χ2v) is 6.32. The van der Waals surface area contributed by atoms with Gasteiger partial charge in [0.25, 0.3) is 0 Å². The quantitative estimate of drug-likeness (QED) is 0.599. The SMILES string of the molecule is CCN(C(C)=O)c1ccc(/N=N/c2nc3ccc(OC)cc3s2)cc1. The molecule has 3 aromatic rings. The van der Waals surface area contributed by atoms with E-state index in [0.717, 1.165) is 21.7 Å². The summed E-state index contributed by atoms with van der Waals surface area (Å²) < 4.78 is 6.22. The molecule has 1 amide bonds. The molecule has 0 aliphatic rings. The number of aromatic nitrogens is 1. The number of methoxy groups -OCH3 is 1. The zero-order chi connectivity index (χ0) is 17.8. The third-order valence-electron chi connectivity index (χ3n) is 3.69. The van der Waals surface area contributed by atoms with Crippen molar-refractivity contribution in [3.8, 4) is 5.75 Å². The smallest absolute Gasteiger partial charge is 0.231 e. The van der Waals surface area contributed by atoms with Crippen molar-refractivity contribution in [2.24, 2.45) is 10.2 Å². The molecule has 0 fully saturated rings. The lowest BCUT2D eigenvalue weighted by Gasteiger charge is -2.18. The Bertz CT molecular complexity index is 918. The van der Waals surface area contributed by atoms with E-state index in [4.69, 9.17) is 4.74 Å². The number of benzene rings is 2. The summed E-state index contributed by atoms with van der Waals surface area (Å²) in [5.41, 5.74) is 2.43. The minimum atomic E-state index is 0.0155. The van der Waals surface area contributed by atoms with Gasteiger partial charge in [-0.1, -0.05) is 11.3 Å². The molecule has 1 aromatic heterocycles. The first-order chi connectivity index (χ1) is 12.1. The van der Waals surface area contributed by atoms with Crippen LogP contribution in [0.1, 0.15) is 13.8 Å². The first-order valence-electron chi connectivity index (χ1n) is 7.85. The van der Waals surface area contributed by atoms with Crippen molar-refractivity contribution in [3.63, 3.8) is 0 Å². The number of ether oxygens (including phenoxy) is 1. The summed E-state index contributed by atoms with van der Waals surface area (Å²) in [5, 5.41) is 9.02. The number of carbonyl (C=O) groups is 1. The van der Waals surface area contributed by atoms with Crippen LogP contribution < -0.4 is 9.64 Å². The molecule has 3 rings (SSSR count). The van der Waals surface area contributed by atoms with Crippen molar-refractivity contribution < 1.29 is 9.53 Å². The second-order valence-electron chi connectivity index (χ2n) is 5.31. The number of fused-ring (bicyclic) bond motifs is 1. The Morgan fingerprint density at radius 2 is 1.96 bits per heavy atom. The number of azo groups is 1. The van der Waals surface area contributed by atoms with E-state index in [1.54, 1.807) is 18.9 Å². The van der Waals surface area contributed by atoms with Crippen LogP contribution in [0.5, 0.6) is 5.75 Å². The number of anilines is 1. The van der Waals surface area contributed by atoms with E-state index in [1.165, 1.54) is 11.3 Å². The highest BCUT2D eigenvalue weighted by Crippen LogP contribution is 2.32. The van der Waals surface area contributed by atoms with Crippen LogP contribution in [-0.2, 0) is 4.79 Å². The molecule has 1 heterocycles. The number of carbonyl (C=O) groups excluding carboxylic acids is 1. The first kappa shape index (κ1) is 17.0. The van der Waals surface area contributed by atoms with E-state index in [2.05, 4.69) is 15.2 Å². The van der Waals surface area contributed by atoms with Gasteiger partial charge < -0.3 is 9.64 Å². The summed E-state index contributed by atoms with van der Waals surface area (Å²) in [6.07, 6.45) is 0. The molecular weight excluding hydrogens is 336 g/mol. The topological polar surface area (TPSA) is 67.2 Å². The Labute approximate surface area is 149 Å². The Hall–Kier alpha value is -2.80. The van der Waals surface area contributed by atoms with Gasteiger partial charge in [0, 0.05) is 19.2 Å². The molecule has 0 atom stereocenters. The van der Waals surface area contributed by atoms with Crippen LogP contribution in [0.25, 0.3) is 10.2 Å². The van der Waals surface area contributed by atoms with Crippen LogP contribution in [0.3, 0.4) is 0 Å². The minimum Gasteiger partial charge on any atom is -0.497 e. The molecule has 0 bridgehead atoms.